The summed E-state index contributed by atoms with van der Waals surface area (Å²) in [6, 6.07) is 4.41. The summed E-state index contributed by atoms with van der Waals surface area (Å²) in [4.78, 5) is 34.3. The van der Waals surface area contributed by atoms with Gasteiger partial charge in [-0.2, -0.15) is 0 Å². The fraction of sp³-hybridized carbons (Fsp3) is 0.0833. The largest absolute Gasteiger partial charge is 0.480 e. The molecule has 7 nitrogen and oxygen atoms in total. The number of hydrogen-bond acceptors (Lipinski definition) is 6. The van der Waals surface area contributed by atoms with E-state index in [0.717, 1.165) is 16.7 Å². The zero-order valence-electron chi connectivity index (χ0n) is 10.7. The van der Waals surface area contributed by atoms with Crippen molar-refractivity contribution in [2.24, 2.45) is 0 Å². The first kappa shape index (κ1) is 16.6. The van der Waals surface area contributed by atoms with Gasteiger partial charge in [0, 0.05) is 6.07 Å². The van der Waals surface area contributed by atoms with Crippen LogP contribution in [-0.2, 0) is 9.59 Å². The Balaban J connectivity index is 2.33. The summed E-state index contributed by atoms with van der Waals surface area (Å²) in [7, 11) is 0. The smallest absolute Gasteiger partial charge is 0.323 e. The number of thioether (sulfide) groups is 1. The van der Waals surface area contributed by atoms with Crippen LogP contribution in [0, 0.1) is 10.1 Å². The molecule has 114 valence electrons. The lowest BCUT2D eigenvalue weighted by atomic mass is 10.2. The molecular weight excluding hydrogens is 396 g/mol. The minimum absolute atomic E-state index is 0.130. The predicted molar refractivity (Wildman–Crippen MR) is 88.3 cm³/mol. The normalized spacial score (nSPS) is 16.4. The minimum Gasteiger partial charge on any atom is -0.480 e. The van der Waals surface area contributed by atoms with Crippen LogP contribution in [0.5, 0.6) is 0 Å². The number of nitrogens with zero attached hydrogens (tertiary/aromatic N) is 2. The number of carbonyl (C=O) groups is 2. The van der Waals surface area contributed by atoms with Gasteiger partial charge in [-0.3, -0.25) is 24.6 Å². The molecule has 0 radical (unpaired) electrons. The molecule has 1 N–H and O–H groups in total. The maximum Gasteiger partial charge on any atom is 0.323 e. The summed E-state index contributed by atoms with van der Waals surface area (Å²) in [6.45, 7) is -0.511. The molecule has 1 heterocycles. The van der Waals surface area contributed by atoms with Gasteiger partial charge in [0.05, 0.1) is 14.3 Å². The van der Waals surface area contributed by atoms with Crippen LogP contribution >= 0.6 is 39.9 Å². The number of thiocarbonyl (C=S) groups is 1. The Bertz CT molecular complexity index is 734. The number of carbonyl (C=O) groups excluding carboxylic acids is 1. The molecule has 1 saturated heterocycles. The van der Waals surface area contributed by atoms with E-state index in [1.165, 1.54) is 18.2 Å². The van der Waals surface area contributed by atoms with Gasteiger partial charge >= 0.3 is 5.97 Å². The van der Waals surface area contributed by atoms with E-state index in [9.17, 15) is 19.7 Å². The zero-order chi connectivity index (χ0) is 16.4. The third-order valence-corrected chi connectivity index (χ3v) is 4.68. The minimum atomic E-state index is -1.17. The van der Waals surface area contributed by atoms with E-state index in [2.05, 4.69) is 15.9 Å². The third kappa shape index (κ3) is 3.51. The van der Waals surface area contributed by atoms with E-state index in [0.29, 0.717) is 10.0 Å². The lowest BCUT2D eigenvalue weighted by Gasteiger charge is -2.10. The fourth-order valence-corrected chi connectivity index (χ4v) is 3.33. The summed E-state index contributed by atoms with van der Waals surface area (Å²) in [5.74, 6) is -1.69. The topological polar surface area (TPSA) is 101 Å². The highest BCUT2D eigenvalue weighted by Gasteiger charge is 2.33. The van der Waals surface area contributed by atoms with Gasteiger partial charge in [0.1, 0.15) is 10.9 Å². The van der Waals surface area contributed by atoms with Crippen LogP contribution in [0.1, 0.15) is 5.56 Å². The van der Waals surface area contributed by atoms with Crippen LogP contribution in [0.2, 0.25) is 0 Å². The van der Waals surface area contributed by atoms with E-state index >= 15 is 0 Å². The molecule has 0 unspecified atom stereocenters. The molecule has 1 aliphatic rings. The number of nitro benzene ring substituents is 1. The van der Waals surface area contributed by atoms with Crippen molar-refractivity contribution in [1.29, 1.82) is 0 Å². The summed E-state index contributed by atoms with van der Waals surface area (Å²) in [5, 5.41) is 19.6. The molecule has 1 aliphatic heterocycles. The maximum absolute atomic E-state index is 12.1. The van der Waals surface area contributed by atoms with Crippen molar-refractivity contribution in [1.82, 2.24) is 4.90 Å². The van der Waals surface area contributed by atoms with Crippen molar-refractivity contribution in [3.63, 3.8) is 0 Å². The molecule has 10 heteroatoms. The molecule has 0 saturated carbocycles. The molecule has 1 fully saturated rings. The number of nitro groups is 1. The van der Waals surface area contributed by atoms with E-state index in [-0.39, 0.29) is 14.9 Å². The van der Waals surface area contributed by atoms with Crippen LogP contribution in [0.3, 0.4) is 0 Å². The number of benzene rings is 1. The molecule has 2 rings (SSSR count). The zero-order valence-corrected chi connectivity index (χ0v) is 13.9. The molecule has 0 aromatic heterocycles. The van der Waals surface area contributed by atoms with Gasteiger partial charge in [-0.05, 0) is 33.6 Å². The second-order valence-corrected chi connectivity index (χ2v) is 6.66. The highest BCUT2D eigenvalue weighted by Crippen LogP contribution is 2.33. The lowest BCUT2D eigenvalue weighted by Crippen LogP contribution is -2.33. The van der Waals surface area contributed by atoms with E-state index in [1.54, 1.807) is 6.07 Å². The first-order chi connectivity index (χ1) is 10.3. The van der Waals surface area contributed by atoms with Crippen LogP contribution in [0.25, 0.3) is 6.08 Å². The van der Waals surface area contributed by atoms with Gasteiger partial charge in [0.25, 0.3) is 11.6 Å². The fourth-order valence-electron chi connectivity index (χ4n) is 1.68. The van der Waals surface area contributed by atoms with Gasteiger partial charge in [-0.25, -0.2) is 0 Å². The second kappa shape index (κ2) is 6.55. The molecule has 1 aromatic rings. The van der Waals surface area contributed by atoms with Gasteiger partial charge in [-0.15, -0.1) is 0 Å². The highest BCUT2D eigenvalue weighted by atomic mass is 79.9. The van der Waals surface area contributed by atoms with Crippen molar-refractivity contribution in [3.8, 4) is 0 Å². The number of hydrogen-bond donors (Lipinski definition) is 1. The number of carboxylic acid groups (broad SMARTS) is 1. The molecule has 0 spiro atoms. The Labute approximate surface area is 142 Å². The Morgan fingerprint density at radius 1 is 1.55 bits per heavy atom. The number of rotatable bonds is 4. The lowest BCUT2D eigenvalue weighted by molar-refractivity contribution is -0.385. The Kier molecular flexibility index (Phi) is 4.94. The Hall–Kier alpha value is -1.78. The third-order valence-electron chi connectivity index (χ3n) is 2.63. The van der Waals surface area contributed by atoms with Gasteiger partial charge in [-0.1, -0.05) is 30.0 Å². The summed E-state index contributed by atoms with van der Waals surface area (Å²) in [6.07, 6.45) is 1.45. The first-order valence-electron chi connectivity index (χ1n) is 5.70. The maximum atomic E-state index is 12.1. The van der Waals surface area contributed by atoms with Crippen LogP contribution in [0.15, 0.2) is 27.6 Å². The number of amides is 1. The number of carboxylic acids is 1. The molecule has 1 aromatic carbocycles. The molecule has 0 atom stereocenters. The quantitative estimate of drug-likeness (QED) is 0.357. The highest BCUT2D eigenvalue weighted by molar-refractivity contribution is 9.10. The van der Waals surface area contributed by atoms with Crippen LogP contribution in [0.4, 0.5) is 5.69 Å². The summed E-state index contributed by atoms with van der Waals surface area (Å²) < 4.78 is 0.471. The van der Waals surface area contributed by atoms with E-state index < -0.39 is 23.3 Å². The second-order valence-electron chi connectivity index (χ2n) is 4.13. The van der Waals surface area contributed by atoms with Crippen molar-refractivity contribution < 1.29 is 19.6 Å². The molecule has 0 aliphatic carbocycles. The number of aliphatic carboxylic acids is 1. The average Bonchev–Trinajstić information content (AvgIpc) is 2.68. The van der Waals surface area contributed by atoms with E-state index in [4.69, 9.17) is 17.3 Å². The Morgan fingerprint density at radius 2 is 2.23 bits per heavy atom. The summed E-state index contributed by atoms with van der Waals surface area (Å²) >= 11 is 9.00. The molecule has 1 amide bonds. The van der Waals surface area contributed by atoms with Crippen LogP contribution in [-0.4, -0.2) is 37.7 Å². The molecule has 0 bridgehead atoms. The average molecular weight is 403 g/mol. The van der Waals surface area contributed by atoms with Crippen LogP contribution < -0.4 is 0 Å². The SMILES string of the molecule is O=C(O)CN1C(=O)C(=Cc2ccc(Br)c([N+](=O)[O-])c2)SC1=S. The predicted octanol–water partition coefficient (Wildman–Crippen LogP) is 2.64. The monoisotopic (exact) mass is 402 g/mol. The number of halogens is 1. The van der Waals surface area contributed by atoms with Gasteiger partial charge < -0.3 is 5.11 Å². The van der Waals surface area contributed by atoms with Gasteiger partial charge in [0.15, 0.2) is 0 Å². The Morgan fingerprint density at radius 3 is 2.82 bits per heavy atom. The van der Waals surface area contributed by atoms with Crippen molar-refractivity contribution in [3.05, 3.63) is 43.3 Å². The van der Waals surface area contributed by atoms with Crippen molar-refractivity contribution in [2.75, 3.05) is 6.54 Å². The van der Waals surface area contributed by atoms with Crippen molar-refractivity contribution >= 4 is 67.9 Å². The summed E-state index contributed by atoms with van der Waals surface area (Å²) in [5.41, 5.74) is 0.320. The van der Waals surface area contributed by atoms with Crippen molar-refractivity contribution in [2.45, 2.75) is 0 Å². The van der Waals surface area contributed by atoms with E-state index in [1.807, 2.05) is 0 Å². The first-order valence-corrected chi connectivity index (χ1v) is 7.72. The molecular formula is C12H7BrN2O5S2. The van der Waals surface area contributed by atoms with Gasteiger partial charge in [0.2, 0.25) is 0 Å². The standard InChI is InChI=1S/C12H7BrN2O5S2/c13-7-2-1-6(3-8(7)15(19)20)4-9-11(18)14(5-10(16)17)12(21)22-9/h1-4H,5H2,(H,16,17). The molecule has 22 heavy (non-hydrogen) atoms.